The van der Waals surface area contributed by atoms with Crippen LogP contribution in [0.15, 0.2) is 18.2 Å². The Kier molecular flexibility index (Phi) is 5.11. The maximum absolute atomic E-state index is 10.4. The van der Waals surface area contributed by atoms with Crippen molar-refractivity contribution in [1.82, 2.24) is 5.32 Å². The second-order valence-electron chi connectivity index (χ2n) is 5.09. The Morgan fingerprint density at radius 3 is 2.26 bits per heavy atom. The van der Waals surface area contributed by atoms with Gasteiger partial charge in [-0.3, -0.25) is 4.79 Å². The lowest BCUT2D eigenvalue weighted by atomic mass is 9.91. The minimum absolute atomic E-state index is 0.402. The fourth-order valence-electron chi connectivity index (χ4n) is 2.51. The van der Waals surface area contributed by atoms with E-state index in [4.69, 9.17) is 5.26 Å². The standard InChI is InChI=1S/C11H11N.C5H9NO/c12-8-9-5-6-10-3-1-2-4-11(10)7-9;7-5-1-3-6-4-2-5/h5-7H,1-4H2;6H,1-4H2. The zero-order chi connectivity index (χ0) is 13.5. The van der Waals surface area contributed by atoms with Crippen molar-refractivity contribution in [2.24, 2.45) is 0 Å². The van der Waals surface area contributed by atoms with Crippen molar-refractivity contribution in [1.29, 1.82) is 5.26 Å². The molecule has 0 atom stereocenters. The van der Waals surface area contributed by atoms with Crippen LogP contribution in [0.25, 0.3) is 0 Å². The Labute approximate surface area is 114 Å². The van der Waals surface area contributed by atoms with Gasteiger partial charge in [-0.2, -0.15) is 5.26 Å². The first-order valence-corrected chi connectivity index (χ1v) is 7.04. The number of nitrogens with one attached hydrogen (secondary N) is 1. The van der Waals surface area contributed by atoms with Crippen molar-refractivity contribution in [3.8, 4) is 6.07 Å². The number of carbonyl (C=O) groups excluding carboxylic acids is 1. The lowest BCUT2D eigenvalue weighted by molar-refractivity contribution is -0.119. The number of fused-ring (bicyclic) bond motifs is 1. The van der Waals surface area contributed by atoms with Crippen LogP contribution in [-0.2, 0) is 17.6 Å². The summed E-state index contributed by atoms with van der Waals surface area (Å²) in [6.45, 7) is 1.78. The number of benzene rings is 1. The van der Waals surface area contributed by atoms with Crippen LogP contribution in [0, 0.1) is 11.3 Å². The molecule has 1 N–H and O–H groups in total. The van der Waals surface area contributed by atoms with E-state index < -0.39 is 0 Å². The van der Waals surface area contributed by atoms with Crippen molar-refractivity contribution in [3.05, 3.63) is 34.9 Å². The number of ketones is 1. The zero-order valence-electron chi connectivity index (χ0n) is 11.2. The second-order valence-corrected chi connectivity index (χ2v) is 5.09. The number of rotatable bonds is 0. The van der Waals surface area contributed by atoms with Gasteiger partial charge in [0.2, 0.25) is 0 Å². The van der Waals surface area contributed by atoms with E-state index in [0.29, 0.717) is 5.78 Å². The molecule has 1 aliphatic heterocycles. The Morgan fingerprint density at radius 1 is 1.00 bits per heavy atom. The molecule has 1 aromatic carbocycles. The molecule has 1 heterocycles. The number of Topliss-reactive ketones (excluding diaryl/α,β-unsaturated/α-hetero) is 1. The molecule has 0 amide bonds. The van der Waals surface area contributed by atoms with Gasteiger partial charge in [-0.05, 0) is 48.9 Å². The molecule has 1 fully saturated rings. The van der Waals surface area contributed by atoms with Gasteiger partial charge in [0.1, 0.15) is 5.78 Å². The lowest BCUT2D eigenvalue weighted by Crippen LogP contribution is -2.27. The van der Waals surface area contributed by atoms with Gasteiger partial charge in [-0.15, -0.1) is 0 Å². The van der Waals surface area contributed by atoms with E-state index >= 15 is 0 Å². The molecular formula is C16H20N2O. The number of hydrogen-bond donors (Lipinski definition) is 1. The maximum atomic E-state index is 10.4. The van der Waals surface area contributed by atoms with Crippen molar-refractivity contribution in [2.75, 3.05) is 13.1 Å². The van der Waals surface area contributed by atoms with Gasteiger partial charge in [-0.25, -0.2) is 0 Å². The quantitative estimate of drug-likeness (QED) is 0.775. The third kappa shape index (κ3) is 4.18. The Morgan fingerprint density at radius 2 is 1.68 bits per heavy atom. The summed E-state index contributed by atoms with van der Waals surface area (Å²) in [5.74, 6) is 0.402. The number of carbonyl (C=O) groups is 1. The molecule has 100 valence electrons. The van der Waals surface area contributed by atoms with Gasteiger partial charge in [0, 0.05) is 25.9 Å². The molecule has 3 nitrogen and oxygen atoms in total. The zero-order valence-corrected chi connectivity index (χ0v) is 11.2. The molecule has 0 aromatic heterocycles. The Balaban J connectivity index is 0.000000163. The predicted molar refractivity (Wildman–Crippen MR) is 74.9 cm³/mol. The molecule has 0 unspecified atom stereocenters. The summed E-state index contributed by atoms with van der Waals surface area (Å²) in [6, 6.07) is 8.24. The third-order valence-electron chi connectivity index (χ3n) is 3.64. The maximum Gasteiger partial charge on any atom is 0.135 e. The van der Waals surface area contributed by atoms with Crippen LogP contribution in [0.3, 0.4) is 0 Å². The van der Waals surface area contributed by atoms with Gasteiger partial charge < -0.3 is 5.32 Å². The Hall–Kier alpha value is -1.66. The largest absolute Gasteiger partial charge is 0.316 e. The molecule has 0 bridgehead atoms. The van der Waals surface area contributed by atoms with Gasteiger partial charge in [0.15, 0.2) is 0 Å². The number of hydrogen-bond acceptors (Lipinski definition) is 3. The summed E-state index contributed by atoms with van der Waals surface area (Å²) in [5.41, 5.74) is 3.64. The average molecular weight is 256 g/mol. The highest BCUT2D eigenvalue weighted by molar-refractivity contribution is 5.79. The van der Waals surface area contributed by atoms with Crippen molar-refractivity contribution >= 4 is 5.78 Å². The van der Waals surface area contributed by atoms with Crippen LogP contribution in [0.2, 0.25) is 0 Å². The normalized spacial score (nSPS) is 17.7. The molecule has 0 radical (unpaired) electrons. The highest BCUT2D eigenvalue weighted by atomic mass is 16.1. The molecule has 3 rings (SSSR count). The van der Waals surface area contributed by atoms with Crippen LogP contribution < -0.4 is 5.32 Å². The first-order chi connectivity index (χ1) is 9.29. The monoisotopic (exact) mass is 256 g/mol. The predicted octanol–water partition coefficient (Wildman–Crippen LogP) is 2.38. The van der Waals surface area contributed by atoms with Crippen LogP contribution in [-0.4, -0.2) is 18.9 Å². The van der Waals surface area contributed by atoms with E-state index in [1.807, 2.05) is 12.1 Å². The van der Waals surface area contributed by atoms with Crippen LogP contribution >= 0.6 is 0 Å². The summed E-state index contributed by atoms with van der Waals surface area (Å²) in [4.78, 5) is 10.4. The molecule has 19 heavy (non-hydrogen) atoms. The Bertz CT molecular complexity index is 480. The van der Waals surface area contributed by atoms with Crippen molar-refractivity contribution < 1.29 is 4.79 Å². The number of nitriles is 1. The van der Waals surface area contributed by atoms with E-state index in [1.165, 1.54) is 30.4 Å². The van der Waals surface area contributed by atoms with E-state index in [9.17, 15) is 4.79 Å². The highest BCUT2D eigenvalue weighted by Crippen LogP contribution is 2.21. The summed E-state index contributed by atoms with van der Waals surface area (Å²) < 4.78 is 0. The average Bonchev–Trinajstić information content (AvgIpc) is 2.48. The molecule has 0 spiro atoms. The minimum Gasteiger partial charge on any atom is -0.316 e. The van der Waals surface area contributed by atoms with Gasteiger partial charge in [-0.1, -0.05) is 6.07 Å². The fourth-order valence-corrected chi connectivity index (χ4v) is 2.51. The summed E-state index contributed by atoms with van der Waals surface area (Å²) in [7, 11) is 0. The van der Waals surface area contributed by atoms with E-state index in [-0.39, 0.29) is 0 Å². The van der Waals surface area contributed by atoms with Crippen LogP contribution in [0.5, 0.6) is 0 Å². The van der Waals surface area contributed by atoms with Gasteiger partial charge >= 0.3 is 0 Å². The second kappa shape index (κ2) is 7.06. The SMILES string of the molecule is N#Cc1ccc2c(c1)CCCC2.O=C1CCNCC1. The summed E-state index contributed by atoms with van der Waals surface area (Å²) in [5, 5.41) is 11.8. The van der Waals surface area contributed by atoms with Crippen molar-refractivity contribution in [3.63, 3.8) is 0 Å². The van der Waals surface area contributed by atoms with Crippen molar-refractivity contribution in [2.45, 2.75) is 38.5 Å². The van der Waals surface area contributed by atoms with E-state index in [0.717, 1.165) is 37.9 Å². The van der Waals surface area contributed by atoms with E-state index in [1.54, 1.807) is 0 Å². The summed E-state index contributed by atoms with van der Waals surface area (Å²) in [6.07, 6.45) is 6.41. The van der Waals surface area contributed by atoms with Crippen LogP contribution in [0.1, 0.15) is 42.4 Å². The summed E-state index contributed by atoms with van der Waals surface area (Å²) >= 11 is 0. The lowest BCUT2D eigenvalue weighted by Gasteiger charge is -2.14. The first kappa shape index (κ1) is 13.8. The van der Waals surface area contributed by atoms with Crippen LogP contribution in [0.4, 0.5) is 0 Å². The molecule has 1 aliphatic carbocycles. The topological polar surface area (TPSA) is 52.9 Å². The third-order valence-corrected chi connectivity index (χ3v) is 3.64. The smallest absolute Gasteiger partial charge is 0.135 e. The van der Waals surface area contributed by atoms with Gasteiger partial charge in [0.05, 0.1) is 11.6 Å². The molecule has 3 heteroatoms. The number of piperidine rings is 1. The minimum atomic E-state index is 0.402. The molecular weight excluding hydrogens is 236 g/mol. The number of nitrogens with zero attached hydrogens (tertiary/aromatic N) is 1. The molecule has 0 saturated carbocycles. The molecule has 1 aromatic rings. The molecule has 2 aliphatic rings. The highest BCUT2D eigenvalue weighted by Gasteiger charge is 2.08. The van der Waals surface area contributed by atoms with Gasteiger partial charge in [0.25, 0.3) is 0 Å². The molecule has 1 saturated heterocycles. The first-order valence-electron chi connectivity index (χ1n) is 7.04. The fraction of sp³-hybridized carbons (Fsp3) is 0.500. The number of aryl methyl sites for hydroxylation is 2. The van der Waals surface area contributed by atoms with E-state index in [2.05, 4.69) is 17.5 Å².